The van der Waals surface area contributed by atoms with Gasteiger partial charge in [0.1, 0.15) is 0 Å². The van der Waals surface area contributed by atoms with Gasteiger partial charge in [-0.1, -0.05) is 44.0 Å². The maximum absolute atomic E-state index is 12.7. The van der Waals surface area contributed by atoms with Crippen molar-refractivity contribution in [2.75, 3.05) is 0 Å². The van der Waals surface area contributed by atoms with Gasteiger partial charge in [-0.2, -0.15) is 0 Å². The van der Waals surface area contributed by atoms with E-state index in [-0.39, 0.29) is 5.91 Å². The van der Waals surface area contributed by atoms with Crippen LogP contribution in [-0.4, -0.2) is 15.9 Å². The highest BCUT2D eigenvalue weighted by Crippen LogP contribution is 2.35. The molecule has 0 radical (unpaired) electrons. The Kier molecular flexibility index (Phi) is 5.28. The number of aromatic nitrogens is 1. The number of aryl methyl sites for hydroxylation is 1. The molecule has 0 aromatic carbocycles. The minimum absolute atomic E-state index is 0.0399. The second kappa shape index (κ2) is 6.98. The fourth-order valence-corrected chi connectivity index (χ4v) is 3.25. The van der Waals surface area contributed by atoms with Gasteiger partial charge in [-0.25, -0.2) is 0 Å². The number of rotatable bonds is 4. The van der Waals surface area contributed by atoms with Gasteiger partial charge in [0.25, 0.3) is 0 Å². The van der Waals surface area contributed by atoms with Crippen LogP contribution in [0.15, 0.2) is 18.3 Å². The Bertz CT molecular complexity index is 522. The van der Waals surface area contributed by atoms with E-state index < -0.39 is 5.41 Å². The quantitative estimate of drug-likeness (QED) is 0.663. The number of nitrogens with two attached hydrogens (primary N) is 1. The molecule has 1 aromatic rings. The maximum Gasteiger partial charge on any atom is 0.233 e. The Labute approximate surface area is 131 Å². The summed E-state index contributed by atoms with van der Waals surface area (Å²) in [6.45, 7) is 2.42. The van der Waals surface area contributed by atoms with Crippen LogP contribution >= 0.6 is 12.2 Å². The van der Waals surface area contributed by atoms with Crippen molar-refractivity contribution in [2.45, 2.75) is 52.0 Å². The molecule has 3 N–H and O–H groups in total. The SMILES string of the molecule is Cc1cccnc1CNC(=O)C1(C(N)=S)CCCCCC1. The Morgan fingerprint density at radius 1 is 1.38 bits per heavy atom. The van der Waals surface area contributed by atoms with Crippen molar-refractivity contribution < 1.29 is 4.79 Å². The molecule has 1 heterocycles. The van der Waals surface area contributed by atoms with E-state index in [1.165, 1.54) is 0 Å². The molecule has 1 amide bonds. The summed E-state index contributed by atoms with van der Waals surface area (Å²) >= 11 is 5.22. The highest BCUT2D eigenvalue weighted by Gasteiger charge is 2.41. The van der Waals surface area contributed by atoms with Gasteiger partial charge in [-0.05, 0) is 31.4 Å². The lowest BCUT2D eigenvalue weighted by Crippen LogP contribution is -2.48. The summed E-state index contributed by atoms with van der Waals surface area (Å²) in [6.07, 6.45) is 7.57. The van der Waals surface area contributed by atoms with Gasteiger partial charge in [-0.15, -0.1) is 0 Å². The summed E-state index contributed by atoms with van der Waals surface area (Å²) < 4.78 is 0. The number of hydrogen-bond acceptors (Lipinski definition) is 3. The monoisotopic (exact) mass is 305 g/mol. The van der Waals surface area contributed by atoms with E-state index >= 15 is 0 Å². The zero-order chi connectivity index (χ0) is 15.3. The topological polar surface area (TPSA) is 68.0 Å². The third-order valence-electron chi connectivity index (χ3n) is 4.40. The normalized spacial score (nSPS) is 17.8. The average molecular weight is 305 g/mol. The Balaban J connectivity index is 2.09. The third-order valence-corrected chi connectivity index (χ3v) is 4.79. The third kappa shape index (κ3) is 3.59. The standard InChI is InChI=1S/C16H23N3OS/c1-12-7-6-10-18-13(12)11-19-15(20)16(14(17)21)8-4-2-3-5-9-16/h6-7,10H,2-5,8-9,11H2,1H3,(H2,17,21)(H,19,20). The van der Waals surface area contributed by atoms with Crippen molar-refractivity contribution in [1.29, 1.82) is 0 Å². The number of nitrogens with one attached hydrogen (secondary N) is 1. The van der Waals surface area contributed by atoms with Crippen LogP contribution in [0.4, 0.5) is 0 Å². The molecule has 0 spiro atoms. The molecule has 2 rings (SSSR count). The van der Waals surface area contributed by atoms with Gasteiger partial charge >= 0.3 is 0 Å². The van der Waals surface area contributed by atoms with E-state index in [0.717, 1.165) is 49.8 Å². The Hall–Kier alpha value is -1.49. The minimum atomic E-state index is -0.672. The van der Waals surface area contributed by atoms with Gasteiger partial charge in [0.2, 0.25) is 5.91 Å². The van der Waals surface area contributed by atoms with Crippen molar-refractivity contribution in [3.63, 3.8) is 0 Å². The first kappa shape index (κ1) is 15.9. The van der Waals surface area contributed by atoms with Crippen molar-refractivity contribution in [3.05, 3.63) is 29.6 Å². The molecule has 1 fully saturated rings. The predicted molar refractivity (Wildman–Crippen MR) is 87.7 cm³/mol. The molecule has 0 bridgehead atoms. The molecule has 1 saturated carbocycles. The summed E-state index contributed by atoms with van der Waals surface area (Å²) in [5, 5.41) is 2.99. The molecule has 0 aliphatic heterocycles. The number of nitrogens with zero attached hydrogens (tertiary/aromatic N) is 1. The molecular weight excluding hydrogens is 282 g/mol. The fourth-order valence-electron chi connectivity index (χ4n) is 2.95. The summed E-state index contributed by atoms with van der Waals surface area (Å²) in [6, 6.07) is 3.88. The average Bonchev–Trinajstić information content (AvgIpc) is 2.73. The lowest BCUT2D eigenvalue weighted by Gasteiger charge is -2.30. The predicted octanol–water partition coefficient (Wildman–Crippen LogP) is 2.63. The van der Waals surface area contributed by atoms with Crippen LogP contribution < -0.4 is 11.1 Å². The van der Waals surface area contributed by atoms with Crippen LogP contribution in [0.1, 0.15) is 49.8 Å². The molecule has 0 atom stereocenters. The molecule has 0 unspecified atom stereocenters. The second-order valence-electron chi connectivity index (χ2n) is 5.81. The van der Waals surface area contributed by atoms with E-state index in [0.29, 0.717) is 11.5 Å². The van der Waals surface area contributed by atoms with Gasteiger partial charge in [0, 0.05) is 6.20 Å². The van der Waals surface area contributed by atoms with Crippen molar-refractivity contribution in [1.82, 2.24) is 10.3 Å². The molecule has 21 heavy (non-hydrogen) atoms. The van der Waals surface area contributed by atoms with Crippen LogP contribution in [0.2, 0.25) is 0 Å². The number of pyridine rings is 1. The lowest BCUT2D eigenvalue weighted by atomic mass is 9.79. The molecule has 4 nitrogen and oxygen atoms in total. The number of carbonyl (C=O) groups is 1. The van der Waals surface area contributed by atoms with Gasteiger partial charge in [0.05, 0.1) is 22.6 Å². The van der Waals surface area contributed by atoms with Gasteiger partial charge in [-0.3, -0.25) is 9.78 Å². The molecule has 5 heteroatoms. The summed E-state index contributed by atoms with van der Waals surface area (Å²) in [7, 11) is 0. The zero-order valence-electron chi connectivity index (χ0n) is 12.5. The van der Waals surface area contributed by atoms with Gasteiger partial charge < -0.3 is 11.1 Å². The summed E-state index contributed by atoms with van der Waals surface area (Å²) in [5.74, 6) is -0.0399. The summed E-state index contributed by atoms with van der Waals surface area (Å²) in [5.41, 5.74) is 7.21. The molecule has 114 valence electrons. The van der Waals surface area contributed by atoms with Crippen molar-refractivity contribution in [3.8, 4) is 0 Å². The van der Waals surface area contributed by atoms with Crippen molar-refractivity contribution >= 4 is 23.1 Å². The smallest absolute Gasteiger partial charge is 0.233 e. The van der Waals surface area contributed by atoms with E-state index in [1.807, 2.05) is 19.1 Å². The Morgan fingerprint density at radius 2 is 2.05 bits per heavy atom. The summed E-state index contributed by atoms with van der Waals surface area (Å²) in [4.78, 5) is 17.3. The molecule has 0 saturated heterocycles. The van der Waals surface area contributed by atoms with E-state index in [2.05, 4.69) is 10.3 Å². The van der Waals surface area contributed by atoms with Crippen LogP contribution in [0, 0.1) is 12.3 Å². The maximum atomic E-state index is 12.7. The van der Waals surface area contributed by atoms with Crippen LogP contribution in [-0.2, 0) is 11.3 Å². The number of thiocarbonyl (C=S) groups is 1. The number of amides is 1. The first-order valence-corrected chi connectivity index (χ1v) is 7.96. The molecule has 1 aromatic heterocycles. The van der Waals surface area contributed by atoms with Crippen molar-refractivity contribution in [2.24, 2.45) is 11.1 Å². The van der Waals surface area contributed by atoms with Crippen LogP contribution in [0.5, 0.6) is 0 Å². The Morgan fingerprint density at radius 3 is 2.62 bits per heavy atom. The first-order chi connectivity index (χ1) is 10.1. The zero-order valence-corrected chi connectivity index (χ0v) is 13.3. The second-order valence-corrected chi connectivity index (χ2v) is 6.25. The fraction of sp³-hybridized carbons (Fsp3) is 0.562. The minimum Gasteiger partial charge on any atom is -0.392 e. The van der Waals surface area contributed by atoms with Crippen LogP contribution in [0.3, 0.4) is 0 Å². The lowest BCUT2D eigenvalue weighted by molar-refractivity contribution is -0.128. The van der Waals surface area contributed by atoms with Crippen LogP contribution in [0.25, 0.3) is 0 Å². The highest BCUT2D eigenvalue weighted by atomic mass is 32.1. The number of hydrogen-bond donors (Lipinski definition) is 2. The molecular formula is C16H23N3OS. The molecule has 1 aliphatic carbocycles. The van der Waals surface area contributed by atoms with E-state index in [1.54, 1.807) is 6.20 Å². The molecule has 1 aliphatic rings. The number of carbonyl (C=O) groups excluding carboxylic acids is 1. The van der Waals surface area contributed by atoms with E-state index in [9.17, 15) is 4.79 Å². The highest BCUT2D eigenvalue weighted by molar-refractivity contribution is 7.80. The first-order valence-electron chi connectivity index (χ1n) is 7.55. The van der Waals surface area contributed by atoms with E-state index in [4.69, 9.17) is 18.0 Å². The van der Waals surface area contributed by atoms with Gasteiger partial charge in [0.15, 0.2) is 0 Å². The largest absolute Gasteiger partial charge is 0.392 e.